The van der Waals surface area contributed by atoms with Crippen LogP contribution in [0.4, 0.5) is 5.69 Å². The minimum atomic E-state index is 0.0867. The monoisotopic (exact) mass is 259 g/mol. The maximum absolute atomic E-state index is 12.0. The summed E-state index contributed by atoms with van der Waals surface area (Å²) in [6, 6.07) is 5.79. The molecule has 0 saturated heterocycles. The molecule has 4 nitrogen and oxygen atoms in total. The van der Waals surface area contributed by atoms with Gasteiger partial charge in [0.25, 0.3) is 0 Å². The van der Waals surface area contributed by atoms with Gasteiger partial charge in [-0.15, -0.1) is 0 Å². The molecule has 0 bridgehead atoms. The van der Waals surface area contributed by atoms with Crippen molar-refractivity contribution in [3.05, 3.63) is 24.0 Å². The number of imidazole rings is 1. The number of carbonyl (C=O) groups excluding carboxylic acids is 1. The molecule has 1 amide bonds. The second kappa shape index (κ2) is 5.87. The molecule has 0 unspecified atom stereocenters. The first-order valence-electron chi connectivity index (χ1n) is 6.97. The summed E-state index contributed by atoms with van der Waals surface area (Å²) in [6.07, 6.45) is 2.62. The lowest BCUT2D eigenvalue weighted by Gasteiger charge is -2.12. The van der Waals surface area contributed by atoms with Gasteiger partial charge in [0.1, 0.15) is 5.82 Å². The number of aryl methyl sites for hydroxylation is 1. The van der Waals surface area contributed by atoms with Crippen LogP contribution in [0.25, 0.3) is 11.0 Å². The predicted octanol–water partition coefficient (Wildman–Crippen LogP) is 3.50. The third kappa shape index (κ3) is 2.95. The standard InChI is InChI=1S/C15H21N3O/c1-4-10(5-2)15(19)16-11-7-8-12-13(9-11)18-14(6-3)17-12/h7-10H,4-6H2,1-3H3,(H,16,19)(H,17,18). The maximum Gasteiger partial charge on any atom is 0.227 e. The van der Waals surface area contributed by atoms with Crippen molar-refractivity contribution in [1.82, 2.24) is 9.97 Å². The summed E-state index contributed by atoms with van der Waals surface area (Å²) >= 11 is 0. The molecule has 2 N–H and O–H groups in total. The molecule has 1 aromatic carbocycles. The van der Waals surface area contributed by atoms with Gasteiger partial charge >= 0.3 is 0 Å². The number of nitrogens with zero attached hydrogens (tertiary/aromatic N) is 1. The number of H-pyrrole nitrogens is 1. The molecule has 0 aliphatic rings. The van der Waals surface area contributed by atoms with Gasteiger partial charge in [0.15, 0.2) is 0 Å². The zero-order valence-electron chi connectivity index (χ0n) is 11.8. The van der Waals surface area contributed by atoms with Crippen LogP contribution in [-0.2, 0) is 11.2 Å². The number of hydrogen-bond acceptors (Lipinski definition) is 2. The van der Waals surface area contributed by atoms with Gasteiger partial charge in [0.05, 0.1) is 11.0 Å². The smallest absolute Gasteiger partial charge is 0.227 e. The first-order chi connectivity index (χ1) is 9.17. The number of fused-ring (bicyclic) bond motifs is 1. The topological polar surface area (TPSA) is 57.8 Å². The maximum atomic E-state index is 12.0. The molecule has 0 spiro atoms. The number of nitrogens with one attached hydrogen (secondary N) is 2. The highest BCUT2D eigenvalue weighted by Gasteiger charge is 2.14. The lowest BCUT2D eigenvalue weighted by molar-refractivity contribution is -0.120. The first kappa shape index (κ1) is 13.6. The third-order valence-electron chi connectivity index (χ3n) is 3.49. The van der Waals surface area contributed by atoms with Gasteiger partial charge in [0, 0.05) is 18.0 Å². The van der Waals surface area contributed by atoms with Crippen molar-refractivity contribution in [2.24, 2.45) is 5.92 Å². The van der Waals surface area contributed by atoms with Gasteiger partial charge in [0.2, 0.25) is 5.91 Å². The number of benzene rings is 1. The Hall–Kier alpha value is -1.84. The molecule has 0 fully saturated rings. The van der Waals surface area contributed by atoms with Gasteiger partial charge in [-0.25, -0.2) is 4.98 Å². The molecular formula is C15H21N3O. The second-order valence-corrected chi connectivity index (χ2v) is 4.77. The predicted molar refractivity (Wildman–Crippen MR) is 78.2 cm³/mol. The van der Waals surface area contributed by atoms with E-state index in [-0.39, 0.29) is 11.8 Å². The van der Waals surface area contributed by atoms with E-state index in [2.05, 4.69) is 22.2 Å². The molecule has 0 radical (unpaired) electrons. The number of amides is 1. The summed E-state index contributed by atoms with van der Waals surface area (Å²) in [5.41, 5.74) is 2.74. The number of anilines is 1. The largest absolute Gasteiger partial charge is 0.342 e. The molecule has 2 rings (SSSR count). The average molecular weight is 259 g/mol. The highest BCUT2D eigenvalue weighted by Crippen LogP contribution is 2.19. The summed E-state index contributed by atoms with van der Waals surface area (Å²) in [4.78, 5) is 19.7. The molecule has 1 aromatic heterocycles. The Labute approximate surface area is 113 Å². The van der Waals surface area contributed by atoms with E-state index in [0.29, 0.717) is 0 Å². The van der Waals surface area contributed by atoms with E-state index in [1.807, 2.05) is 32.0 Å². The molecule has 2 aromatic rings. The van der Waals surface area contributed by atoms with E-state index >= 15 is 0 Å². The Morgan fingerprint density at radius 3 is 2.68 bits per heavy atom. The summed E-state index contributed by atoms with van der Waals surface area (Å²) in [6.45, 7) is 6.15. The Bertz CT molecular complexity index is 570. The number of hydrogen-bond donors (Lipinski definition) is 2. The summed E-state index contributed by atoms with van der Waals surface area (Å²) in [5, 5.41) is 2.98. The van der Waals surface area contributed by atoms with Gasteiger partial charge in [-0.1, -0.05) is 20.8 Å². The molecule has 4 heteroatoms. The summed E-state index contributed by atoms with van der Waals surface area (Å²) < 4.78 is 0. The number of aromatic nitrogens is 2. The quantitative estimate of drug-likeness (QED) is 0.863. The van der Waals surface area contributed by atoms with Crippen LogP contribution in [0, 0.1) is 5.92 Å². The van der Waals surface area contributed by atoms with Crippen molar-refractivity contribution in [3.63, 3.8) is 0 Å². The highest BCUT2D eigenvalue weighted by molar-refractivity contribution is 5.94. The lowest BCUT2D eigenvalue weighted by Crippen LogP contribution is -2.21. The fraction of sp³-hybridized carbons (Fsp3) is 0.467. The molecule has 1 heterocycles. The second-order valence-electron chi connectivity index (χ2n) is 4.77. The minimum Gasteiger partial charge on any atom is -0.342 e. The van der Waals surface area contributed by atoms with Crippen LogP contribution in [0.5, 0.6) is 0 Å². The third-order valence-corrected chi connectivity index (χ3v) is 3.49. The number of rotatable bonds is 5. The van der Waals surface area contributed by atoms with Crippen LogP contribution in [0.3, 0.4) is 0 Å². The Balaban J connectivity index is 2.19. The van der Waals surface area contributed by atoms with Crippen LogP contribution >= 0.6 is 0 Å². The Morgan fingerprint density at radius 1 is 1.32 bits per heavy atom. The van der Waals surface area contributed by atoms with E-state index < -0.39 is 0 Å². The van der Waals surface area contributed by atoms with Gasteiger partial charge in [-0.3, -0.25) is 4.79 Å². The van der Waals surface area contributed by atoms with Crippen molar-refractivity contribution in [1.29, 1.82) is 0 Å². The molecule has 19 heavy (non-hydrogen) atoms. The van der Waals surface area contributed by atoms with Crippen molar-refractivity contribution < 1.29 is 4.79 Å². The number of carbonyl (C=O) groups is 1. The average Bonchev–Trinajstić information content (AvgIpc) is 2.82. The first-order valence-corrected chi connectivity index (χ1v) is 6.97. The van der Waals surface area contributed by atoms with Crippen LogP contribution in [-0.4, -0.2) is 15.9 Å². The Kier molecular flexibility index (Phi) is 4.20. The van der Waals surface area contributed by atoms with Crippen molar-refractivity contribution in [3.8, 4) is 0 Å². The van der Waals surface area contributed by atoms with Crippen molar-refractivity contribution in [2.75, 3.05) is 5.32 Å². The van der Waals surface area contributed by atoms with Crippen LogP contribution in [0.2, 0.25) is 0 Å². The van der Waals surface area contributed by atoms with E-state index in [9.17, 15) is 4.79 Å². The van der Waals surface area contributed by atoms with Crippen LogP contribution in [0.1, 0.15) is 39.4 Å². The molecular weight excluding hydrogens is 238 g/mol. The van der Waals surface area contributed by atoms with Crippen molar-refractivity contribution in [2.45, 2.75) is 40.0 Å². The van der Waals surface area contributed by atoms with E-state index in [1.165, 1.54) is 0 Å². The van der Waals surface area contributed by atoms with Crippen LogP contribution in [0.15, 0.2) is 18.2 Å². The minimum absolute atomic E-state index is 0.0867. The number of aromatic amines is 1. The van der Waals surface area contributed by atoms with Crippen molar-refractivity contribution >= 4 is 22.6 Å². The zero-order chi connectivity index (χ0) is 13.8. The molecule has 0 aliphatic heterocycles. The molecule has 0 saturated carbocycles. The van der Waals surface area contributed by atoms with Gasteiger partial charge < -0.3 is 10.3 Å². The fourth-order valence-corrected chi connectivity index (χ4v) is 2.21. The normalized spacial score (nSPS) is 11.2. The van der Waals surface area contributed by atoms with E-state index in [0.717, 1.165) is 41.8 Å². The highest BCUT2D eigenvalue weighted by atomic mass is 16.1. The fourth-order valence-electron chi connectivity index (χ4n) is 2.21. The SMILES string of the molecule is CCc1nc2ccc(NC(=O)C(CC)CC)cc2[nH]1. The Morgan fingerprint density at radius 2 is 2.05 bits per heavy atom. The van der Waals surface area contributed by atoms with Gasteiger partial charge in [-0.2, -0.15) is 0 Å². The molecule has 102 valence electrons. The van der Waals surface area contributed by atoms with E-state index in [4.69, 9.17) is 0 Å². The van der Waals surface area contributed by atoms with Gasteiger partial charge in [-0.05, 0) is 31.0 Å². The summed E-state index contributed by atoms with van der Waals surface area (Å²) in [5.74, 6) is 1.15. The lowest BCUT2D eigenvalue weighted by atomic mass is 10.0. The summed E-state index contributed by atoms with van der Waals surface area (Å²) in [7, 11) is 0. The zero-order valence-corrected chi connectivity index (χ0v) is 11.8. The van der Waals surface area contributed by atoms with E-state index in [1.54, 1.807) is 0 Å². The molecule has 0 aliphatic carbocycles. The molecule has 0 atom stereocenters. The van der Waals surface area contributed by atoms with Crippen LogP contribution < -0.4 is 5.32 Å².